The maximum absolute atomic E-state index is 5.49. The van der Waals surface area contributed by atoms with Crippen LogP contribution in [0.1, 0.15) is 33.6 Å². The van der Waals surface area contributed by atoms with Crippen molar-refractivity contribution in [3.05, 3.63) is 0 Å². The molecule has 3 heteroatoms. The average molecular weight is 228 g/mol. The summed E-state index contributed by atoms with van der Waals surface area (Å²) in [6.07, 6.45) is 3.06. The van der Waals surface area contributed by atoms with E-state index in [-0.39, 0.29) is 0 Å². The molecule has 96 valence electrons. The maximum Gasteiger partial charge on any atom is 0.0594 e. The molecule has 0 amide bonds. The lowest BCUT2D eigenvalue weighted by molar-refractivity contribution is 0.0796. The van der Waals surface area contributed by atoms with Crippen LogP contribution in [0, 0.1) is 5.92 Å². The molecule has 0 aliphatic carbocycles. The fourth-order valence-corrected chi connectivity index (χ4v) is 2.18. The molecular formula is C13H28N2O. The van der Waals surface area contributed by atoms with E-state index in [0.717, 1.165) is 19.1 Å². The topological polar surface area (TPSA) is 24.5 Å². The molecule has 0 aromatic rings. The molecule has 0 spiro atoms. The first-order chi connectivity index (χ1) is 7.72. The Labute approximate surface area is 101 Å². The molecule has 0 unspecified atom stereocenters. The third-order valence-electron chi connectivity index (χ3n) is 3.32. The minimum absolute atomic E-state index is 0.356. The predicted octanol–water partition coefficient (Wildman–Crippen LogP) is 1.73. The van der Waals surface area contributed by atoms with E-state index in [1.54, 1.807) is 0 Å². The van der Waals surface area contributed by atoms with E-state index >= 15 is 0 Å². The van der Waals surface area contributed by atoms with Crippen molar-refractivity contribution in [1.29, 1.82) is 0 Å². The van der Waals surface area contributed by atoms with Gasteiger partial charge in [-0.3, -0.25) is 0 Å². The third-order valence-corrected chi connectivity index (χ3v) is 3.32. The summed E-state index contributed by atoms with van der Waals surface area (Å²) < 4.78 is 5.49. The first-order valence-corrected chi connectivity index (χ1v) is 6.77. The van der Waals surface area contributed by atoms with Crippen molar-refractivity contribution in [2.24, 2.45) is 5.92 Å². The molecule has 0 aromatic carbocycles. The van der Waals surface area contributed by atoms with Crippen LogP contribution < -0.4 is 5.32 Å². The largest absolute Gasteiger partial charge is 0.377 e. The van der Waals surface area contributed by atoms with Crippen LogP contribution in [-0.2, 0) is 4.74 Å². The summed E-state index contributed by atoms with van der Waals surface area (Å²) >= 11 is 0. The monoisotopic (exact) mass is 228 g/mol. The summed E-state index contributed by atoms with van der Waals surface area (Å²) in [4.78, 5) is 2.54. The number of hydrogen-bond acceptors (Lipinski definition) is 3. The van der Waals surface area contributed by atoms with Gasteiger partial charge in [-0.25, -0.2) is 0 Å². The van der Waals surface area contributed by atoms with Gasteiger partial charge in [0, 0.05) is 6.54 Å². The van der Waals surface area contributed by atoms with Gasteiger partial charge < -0.3 is 15.0 Å². The molecule has 1 rings (SSSR count). The zero-order valence-corrected chi connectivity index (χ0v) is 11.2. The molecule has 1 N–H and O–H groups in total. The van der Waals surface area contributed by atoms with Gasteiger partial charge in [0.05, 0.1) is 12.7 Å². The second kappa shape index (κ2) is 8.04. The fraction of sp³-hybridized carbons (Fsp3) is 1.00. The summed E-state index contributed by atoms with van der Waals surface area (Å²) in [7, 11) is 0. The second-order valence-electron chi connectivity index (χ2n) is 5.00. The van der Waals surface area contributed by atoms with Crippen LogP contribution in [0.4, 0.5) is 0 Å². The summed E-state index contributed by atoms with van der Waals surface area (Å²) in [6, 6.07) is 0. The van der Waals surface area contributed by atoms with Crippen LogP contribution >= 0.6 is 0 Å². The number of hydrogen-bond donors (Lipinski definition) is 1. The zero-order chi connectivity index (χ0) is 11.8. The van der Waals surface area contributed by atoms with Crippen LogP contribution in [0.25, 0.3) is 0 Å². The van der Waals surface area contributed by atoms with Crippen molar-refractivity contribution in [1.82, 2.24) is 10.2 Å². The molecule has 1 aliphatic rings. The molecule has 1 heterocycles. The van der Waals surface area contributed by atoms with Crippen molar-refractivity contribution in [2.75, 3.05) is 39.3 Å². The van der Waals surface area contributed by atoms with Crippen molar-refractivity contribution >= 4 is 0 Å². The van der Waals surface area contributed by atoms with Gasteiger partial charge in [-0.05, 0) is 58.8 Å². The standard InChI is InChI=1S/C13H28N2O/c1-4-15-8-5-13(6-9-15)11-14-7-10-16-12(2)3/h12-14H,4-11H2,1-3H3. The van der Waals surface area contributed by atoms with E-state index < -0.39 is 0 Å². The van der Waals surface area contributed by atoms with E-state index in [9.17, 15) is 0 Å². The van der Waals surface area contributed by atoms with Crippen LogP contribution in [0.2, 0.25) is 0 Å². The van der Waals surface area contributed by atoms with Crippen LogP contribution in [0.3, 0.4) is 0 Å². The Balaban J connectivity index is 1.94. The molecule has 0 aromatic heterocycles. The smallest absolute Gasteiger partial charge is 0.0594 e. The quantitative estimate of drug-likeness (QED) is 0.672. The third kappa shape index (κ3) is 5.83. The van der Waals surface area contributed by atoms with Crippen LogP contribution in [0.5, 0.6) is 0 Å². The summed E-state index contributed by atoms with van der Waals surface area (Å²) in [6.45, 7) is 13.2. The zero-order valence-electron chi connectivity index (χ0n) is 11.2. The molecular weight excluding hydrogens is 200 g/mol. The molecule has 3 nitrogen and oxygen atoms in total. The fourth-order valence-electron chi connectivity index (χ4n) is 2.18. The Morgan fingerprint density at radius 1 is 1.31 bits per heavy atom. The van der Waals surface area contributed by atoms with Gasteiger partial charge in [-0.1, -0.05) is 6.92 Å². The number of ether oxygens (including phenoxy) is 1. The van der Waals surface area contributed by atoms with Crippen molar-refractivity contribution in [3.8, 4) is 0 Å². The highest BCUT2D eigenvalue weighted by atomic mass is 16.5. The van der Waals surface area contributed by atoms with E-state index in [1.807, 2.05) is 0 Å². The number of nitrogens with one attached hydrogen (secondary N) is 1. The molecule has 1 saturated heterocycles. The lowest BCUT2D eigenvalue weighted by Crippen LogP contribution is -2.37. The Morgan fingerprint density at radius 2 is 2.00 bits per heavy atom. The molecule has 1 fully saturated rings. The van der Waals surface area contributed by atoms with Gasteiger partial charge in [0.1, 0.15) is 0 Å². The molecule has 0 bridgehead atoms. The van der Waals surface area contributed by atoms with E-state index in [2.05, 4.69) is 31.0 Å². The van der Waals surface area contributed by atoms with Gasteiger partial charge >= 0.3 is 0 Å². The van der Waals surface area contributed by atoms with E-state index in [4.69, 9.17) is 4.74 Å². The van der Waals surface area contributed by atoms with E-state index in [1.165, 1.54) is 39.0 Å². The Morgan fingerprint density at radius 3 is 2.56 bits per heavy atom. The SMILES string of the molecule is CCN1CCC(CNCCOC(C)C)CC1. The Hall–Kier alpha value is -0.120. The van der Waals surface area contributed by atoms with Crippen molar-refractivity contribution in [2.45, 2.75) is 39.7 Å². The Bertz CT molecular complexity index is 165. The molecule has 0 radical (unpaired) electrons. The second-order valence-corrected chi connectivity index (χ2v) is 5.00. The highest BCUT2D eigenvalue weighted by Crippen LogP contribution is 2.15. The highest BCUT2D eigenvalue weighted by Gasteiger charge is 2.17. The van der Waals surface area contributed by atoms with Gasteiger partial charge in [-0.2, -0.15) is 0 Å². The van der Waals surface area contributed by atoms with Gasteiger partial charge in [0.2, 0.25) is 0 Å². The summed E-state index contributed by atoms with van der Waals surface area (Å²) in [5.41, 5.74) is 0. The lowest BCUT2D eigenvalue weighted by atomic mass is 9.97. The van der Waals surface area contributed by atoms with Gasteiger partial charge in [-0.15, -0.1) is 0 Å². The van der Waals surface area contributed by atoms with Crippen molar-refractivity contribution in [3.63, 3.8) is 0 Å². The minimum atomic E-state index is 0.356. The molecule has 0 atom stereocenters. The molecule has 16 heavy (non-hydrogen) atoms. The predicted molar refractivity (Wildman–Crippen MR) is 68.8 cm³/mol. The number of likely N-dealkylation sites (tertiary alicyclic amines) is 1. The maximum atomic E-state index is 5.49. The normalized spacial score (nSPS) is 19.5. The van der Waals surface area contributed by atoms with Crippen molar-refractivity contribution < 1.29 is 4.74 Å². The molecule has 0 saturated carbocycles. The lowest BCUT2D eigenvalue weighted by Gasteiger charge is -2.31. The van der Waals surface area contributed by atoms with Gasteiger partial charge in [0.25, 0.3) is 0 Å². The highest BCUT2D eigenvalue weighted by molar-refractivity contribution is 4.72. The summed E-state index contributed by atoms with van der Waals surface area (Å²) in [5, 5.41) is 3.50. The number of rotatable bonds is 7. The first kappa shape index (κ1) is 13.9. The minimum Gasteiger partial charge on any atom is -0.377 e. The first-order valence-electron chi connectivity index (χ1n) is 6.77. The Kier molecular flexibility index (Phi) is 7.01. The number of nitrogens with zero attached hydrogens (tertiary/aromatic N) is 1. The molecule has 1 aliphatic heterocycles. The van der Waals surface area contributed by atoms with Crippen LogP contribution in [-0.4, -0.2) is 50.3 Å². The number of piperidine rings is 1. The van der Waals surface area contributed by atoms with Gasteiger partial charge in [0.15, 0.2) is 0 Å². The summed E-state index contributed by atoms with van der Waals surface area (Å²) in [5.74, 6) is 0.877. The van der Waals surface area contributed by atoms with Crippen LogP contribution in [0.15, 0.2) is 0 Å². The average Bonchev–Trinajstić information content (AvgIpc) is 2.29. The van der Waals surface area contributed by atoms with E-state index in [0.29, 0.717) is 6.10 Å².